The summed E-state index contributed by atoms with van der Waals surface area (Å²) >= 11 is 6.43. The minimum absolute atomic E-state index is 0.119. The first kappa shape index (κ1) is 23.1. The van der Waals surface area contributed by atoms with Crippen molar-refractivity contribution >= 4 is 34.5 Å². The minimum Gasteiger partial charge on any atom is -0.507 e. The first-order chi connectivity index (χ1) is 16.4. The normalized spacial score (nSPS) is 11.0. The molecule has 0 spiro atoms. The lowest BCUT2D eigenvalue weighted by Gasteiger charge is -2.13. The lowest BCUT2D eigenvalue weighted by molar-refractivity contribution is 0.0952. The quantitative estimate of drug-likeness (QED) is 0.260. The lowest BCUT2D eigenvalue weighted by atomic mass is 10.1. The molecule has 6 nitrogen and oxygen atoms in total. The number of methoxy groups -OCH3 is 1. The van der Waals surface area contributed by atoms with Crippen LogP contribution in [0.3, 0.4) is 0 Å². The third-order valence-electron chi connectivity index (χ3n) is 5.24. The van der Waals surface area contributed by atoms with Crippen LogP contribution in [0.5, 0.6) is 17.2 Å². The van der Waals surface area contributed by atoms with Crippen LogP contribution in [0.15, 0.2) is 77.9 Å². The molecule has 0 atom stereocenters. The molecule has 0 aliphatic carbocycles. The number of benzene rings is 4. The Labute approximate surface area is 202 Å². The van der Waals surface area contributed by atoms with Crippen molar-refractivity contribution in [1.29, 1.82) is 0 Å². The second kappa shape index (κ2) is 10.3. The number of hydrazone groups is 1. The van der Waals surface area contributed by atoms with Gasteiger partial charge < -0.3 is 14.6 Å². The number of aryl methyl sites for hydroxylation is 1. The maximum atomic E-state index is 12.5. The molecule has 0 heterocycles. The minimum atomic E-state index is -0.532. The highest BCUT2D eigenvalue weighted by molar-refractivity contribution is 6.32. The summed E-state index contributed by atoms with van der Waals surface area (Å²) < 4.78 is 11.3. The van der Waals surface area contributed by atoms with Crippen LogP contribution in [0.4, 0.5) is 0 Å². The molecule has 172 valence electrons. The monoisotopic (exact) mass is 474 g/mol. The van der Waals surface area contributed by atoms with Gasteiger partial charge in [-0.1, -0.05) is 65.7 Å². The van der Waals surface area contributed by atoms with E-state index < -0.39 is 5.91 Å². The topological polar surface area (TPSA) is 80.2 Å². The van der Waals surface area contributed by atoms with Crippen molar-refractivity contribution in [2.75, 3.05) is 7.11 Å². The fourth-order valence-corrected chi connectivity index (χ4v) is 3.70. The van der Waals surface area contributed by atoms with Crippen LogP contribution in [0, 0.1) is 6.92 Å². The number of fused-ring (bicyclic) bond motifs is 1. The van der Waals surface area contributed by atoms with Gasteiger partial charge >= 0.3 is 0 Å². The van der Waals surface area contributed by atoms with Gasteiger partial charge in [0, 0.05) is 0 Å². The van der Waals surface area contributed by atoms with Gasteiger partial charge in [-0.05, 0) is 53.1 Å². The molecule has 0 bridgehead atoms. The van der Waals surface area contributed by atoms with Gasteiger partial charge in [-0.2, -0.15) is 5.10 Å². The Balaban J connectivity index is 1.46. The number of halogens is 1. The summed E-state index contributed by atoms with van der Waals surface area (Å²) in [4.78, 5) is 12.5. The van der Waals surface area contributed by atoms with E-state index in [2.05, 4.69) is 10.5 Å². The summed E-state index contributed by atoms with van der Waals surface area (Å²) in [7, 11) is 1.52. The highest BCUT2D eigenvalue weighted by Gasteiger charge is 2.13. The first-order valence-electron chi connectivity index (χ1n) is 10.6. The zero-order chi connectivity index (χ0) is 24.1. The summed E-state index contributed by atoms with van der Waals surface area (Å²) in [6.07, 6.45) is 1.44. The summed E-state index contributed by atoms with van der Waals surface area (Å²) in [5.74, 6) is 0.216. The first-order valence-corrected chi connectivity index (χ1v) is 10.9. The van der Waals surface area contributed by atoms with Crippen LogP contribution in [0.2, 0.25) is 5.02 Å². The van der Waals surface area contributed by atoms with E-state index in [-0.39, 0.29) is 11.3 Å². The standard InChI is InChI=1S/C27H23ClN2O4/c1-17-7-9-18(10-8-17)16-34-26-23(28)11-19(12-25(26)33-2)15-29-30-27(32)22-13-20-5-3-4-6-21(20)14-24(22)31/h3-15,31H,16H2,1-2H3,(H,30,32). The highest BCUT2D eigenvalue weighted by atomic mass is 35.5. The van der Waals surface area contributed by atoms with Crippen molar-refractivity contribution in [3.63, 3.8) is 0 Å². The molecule has 2 N–H and O–H groups in total. The number of carbonyl (C=O) groups is 1. The molecular weight excluding hydrogens is 452 g/mol. The number of nitrogens with zero attached hydrogens (tertiary/aromatic N) is 1. The van der Waals surface area contributed by atoms with Gasteiger partial charge in [0.1, 0.15) is 12.4 Å². The molecule has 0 aliphatic rings. The van der Waals surface area contributed by atoms with Crippen molar-refractivity contribution in [2.24, 2.45) is 5.10 Å². The summed E-state index contributed by atoms with van der Waals surface area (Å²) in [5, 5.41) is 16.2. The second-order valence-electron chi connectivity index (χ2n) is 7.72. The van der Waals surface area contributed by atoms with E-state index in [0.717, 1.165) is 16.3 Å². The predicted molar refractivity (Wildman–Crippen MR) is 134 cm³/mol. The maximum Gasteiger partial charge on any atom is 0.275 e. The Morgan fingerprint density at radius 1 is 1.06 bits per heavy atom. The number of hydrogen-bond donors (Lipinski definition) is 2. The smallest absolute Gasteiger partial charge is 0.275 e. The zero-order valence-corrected chi connectivity index (χ0v) is 19.5. The summed E-state index contributed by atoms with van der Waals surface area (Å²) in [5.41, 5.74) is 5.35. The maximum absolute atomic E-state index is 12.5. The molecule has 0 saturated heterocycles. The molecule has 7 heteroatoms. The van der Waals surface area contributed by atoms with Crippen molar-refractivity contribution in [3.8, 4) is 17.2 Å². The van der Waals surface area contributed by atoms with Crippen LogP contribution >= 0.6 is 11.6 Å². The largest absolute Gasteiger partial charge is 0.507 e. The molecule has 0 aliphatic heterocycles. The number of nitrogens with one attached hydrogen (secondary N) is 1. The number of rotatable bonds is 7. The van der Waals surface area contributed by atoms with Gasteiger partial charge in [0.25, 0.3) is 5.91 Å². The number of hydrogen-bond acceptors (Lipinski definition) is 5. The molecular formula is C27H23ClN2O4. The van der Waals surface area contributed by atoms with Gasteiger partial charge in [0.2, 0.25) is 0 Å². The molecule has 1 amide bonds. The van der Waals surface area contributed by atoms with Crippen LogP contribution < -0.4 is 14.9 Å². The summed E-state index contributed by atoms with van der Waals surface area (Å²) in [6.45, 7) is 2.37. The summed E-state index contributed by atoms with van der Waals surface area (Å²) in [6, 6.07) is 22.0. The molecule has 4 aromatic carbocycles. The van der Waals surface area contributed by atoms with E-state index in [1.165, 1.54) is 18.9 Å². The Kier molecular flexibility index (Phi) is 6.99. The van der Waals surface area contributed by atoms with E-state index in [9.17, 15) is 9.90 Å². The van der Waals surface area contributed by atoms with Crippen molar-refractivity contribution < 1.29 is 19.4 Å². The fraction of sp³-hybridized carbons (Fsp3) is 0.111. The van der Waals surface area contributed by atoms with Crippen molar-refractivity contribution in [2.45, 2.75) is 13.5 Å². The number of ether oxygens (including phenoxy) is 2. The van der Waals surface area contributed by atoms with Crippen molar-refractivity contribution in [1.82, 2.24) is 5.43 Å². The molecule has 0 fully saturated rings. The predicted octanol–water partition coefficient (Wildman–Crippen LogP) is 5.86. The van der Waals surface area contributed by atoms with Gasteiger partial charge in [-0.25, -0.2) is 5.43 Å². The lowest BCUT2D eigenvalue weighted by Crippen LogP contribution is -2.17. The van der Waals surface area contributed by atoms with Crippen LogP contribution in [-0.4, -0.2) is 24.3 Å². The van der Waals surface area contributed by atoms with Crippen LogP contribution in [0.25, 0.3) is 10.8 Å². The van der Waals surface area contributed by atoms with Gasteiger partial charge in [-0.15, -0.1) is 0 Å². The molecule has 0 radical (unpaired) electrons. The van der Waals surface area contributed by atoms with E-state index in [1.54, 1.807) is 24.3 Å². The Morgan fingerprint density at radius 2 is 1.76 bits per heavy atom. The number of phenols is 1. The number of phenolic OH excluding ortho intramolecular Hbond substituents is 1. The molecule has 34 heavy (non-hydrogen) atoms. The van der Waals surface area contributed by atoms with Gasteiger partial charge in [-0.3, -0.25) is 4.79 Å². The Morgan fingerprint density at radius 3 is 2.47 bits per heavy atom. The van der Waals surface area contributed by atoms with E-state index in [4.69, 9.17) is 21.1 Å². The average molecular weight is 475 g/mol. The number of amides is 1. The Hall–Kier alpha value is -4.03. The molecule has 4 aromatic rings. The van der Waals surface area contributed by atoms with Gasteiger partial charge in [0.15, 0.2) is 11.5 Å². The Bertz CT molecular complexity index is 1370. The fourth-order valence-electron chi connectivity index (χ4n) is 3.43. The number of carbonyl (C=O) groups excluding carboxylic acids is 1. The van der Waals surface area contributed by atoms with E-state index in [1.807, 2.05) is 55.5 Å². The molecule has 4 rings (SSSR count). The molecule has 0 saturated carbocycles. The SMILES string of the molecule is COc1cc(C=NNC(=O)c2cc3ccccc3cc2O)cc(Cl)c1OCc1ccc(C)cc1. The molecule has 0 aromatic heterocycles. The third kappa shape index (κ3) is 5.30. The van der Waals surface area contributed by atoms with Crippen molar-refractivity contribution in [3.05, 3.63) is 100 Å². The average Bonchev–Trinajstić information content (AvgIpc) is 2.83. The molecule has 0 unspecified atom stereocenters. The third-order valence-corrected chi connectivity index (χ3v) is 5.52. The van der Waals surface area contributed by atoms with Crippen LogP contribution in [-0.2, 0) is 6.61 Å². The zero-order valence-electron chi connectivity index (χ0n) is 18.7. The van der Waals surface area contributed by atoms with E-state index >= 15 is 0 Å². The highest BCUT2D eigenvalue weighted by Crippen LogP contribution is 2.36. The van der Waals surface area contributed by atoms with Crippen LogP contribution in [0.1, 0.15) is 27.0 Å². The van der Waals surface area contributed by atoms with E-state index in [0.29, 0.717) is 28.7 Å². The van der Waals surface area contributed by atoms with Gasteiger partial charge in [0.05, 0.1) is 23.9 Å². The second-order valence-corrected chi connectivity index (χ2v) is 8.13. The number of aromatic hydroxyl groups is 1.